The summed E-state index contributed by atoms with van der Waals surface area (Å²) in [4.78, 5) is 23.5. The van der Waals surface area contributed by atoms with E-state index in [1.54, 1.807) is 24.3 Å². The molecule has 0 spiro atoms. The molecule has 0 fully saturated rings. The summed E-state index contributed by atoms with van der Waals surface area (Å²) >= 11 is 0. The van der Waals surface area contributed by atoms with Crippen molar-refractivity contribution in [1.29, 1.82) is 0 Å². The highest BCUT2D eigenvalue weighted by molar-refractivity contribution is 7.89. The van der Waals surface area contributed by atoms with Crippen molar-refractivity contribution in [2.45, 2.75) is 24.8 Å². The molecule has 156 valence electrons. The van der Waals surface area contributed by atoms with Crippen LogP contribution in [0, 0.1) is 0 Å². The van der Waals surface area contributed by atoms with Gasteiger partial charge in [0.25, 0.3) is 0 Å². The molecular weight excluding hydrogens is 410 g/mol. The lowest BCUT2D eigenvalue weighted by Gasteiger charge is -2.15. The van der Waals surface area contributed by atoms with Crippen LogP contribution in [0.15, 0.2) is 59.8 Å². The SMILES string of the molecule is CC(=O)Nc1ccc(S(=O)(=O)NC(C)C(=O)Nc2cccc(-n3cnnn3)c2)cc1. The molecule has 2 aromatic carbocycles. The van der Waals surface area contributed by atoms with Crippen molar-refractivity contribution in [2.75, 3.05) is 10.6 Å². The Balaban J connectivity index is 1.66. The predicted molar refractivity (Wildman–Crippen MR) is 108 cm³/mol. The van der Waals surface area contributed by atoms with Gasteiger partial charge in [-0.3, -0.25) is 9.59 Å². The highest BCUT2D eigenvalue weighted by atomic mass is 32.2. The van der Waals surface area contributed by atoms with E-state index in [1.165, 1.54) is 49.1 Å². The van der Waals surface area contributed by atoms with Gasteiger partial charge in [0.15, 0.2) is 0 Å². The number of aromatic nitrogens is 4. The number of nitrogens with one attached hydrogen (secondary N) is 3. The highest BCUT2D eigenvalue weighted by Gasteiger charge is 2.22. The minimum atomic E-state index is -3.94. The average molecular weight is 429 g/mol. The second-order valence-electron chi connectivity index (χ2n) is 6.34. The first-order valence-electron chi connectivity index (χ1n) is 8.79. The van der Waals surface area contributed by atoms with Gasteiger partial charge in [-0.15, -0.1) is 5.10 Å². The van der Waals surface area contributed by atoms with Crippen LogP contribution in [0.1, 0.15) is 13.8 Å². The molecule has 1 aromatic heterocycles. The molecule has 0 aliphatic heterocycles. The normalized spacial score (nSPS) is 12.2. The summed E-state index contributed by atoms with van der Waals surface area (Å²) in [6, 6.07) is 11.3. The van der Waals surface area contributed by atoms with Crippen molar-refractivity contribution in [2.24, 2.45) is 0 Å². The minimum Gasteiger partial charge on any atom is -0.326 e. The van der Waals surface area contributed by atoms with Gasteiger partial charge in [0, 0.05) is 18.3 Å². The molecule has 3 N–H and O–H groups in total. The summed E-state index contributed by atoms with van der Waals surface area (Å²) in [5.41, 5.74) is 1.55. The van der Waals surface area contributed by atoms with Crippen LogP contribution in [0.3, 0.4) is 0 Å². The summed E-state index contributed by atoms with van der Waals surface area (Å²) in [7, 11) is -3.94. The number of benzene rings is 2. The molecule has 30 heavy (non-hydrogen) atoms. The van der Waals surface area contributed by atoms with E-state index in [4.69, 9.17) is 0 Å². The summed E-state index contributed by atoms with van der Waals surface area (Å²) in [5.74, 6) is -0.805. The molecule has 11 nitrogen and oxygen atoms in total. The summed E-state index contributed by atoms with van der Waals surface area (Å²) in [5, 5.41) is 16.1. The molecule has 3 aromatic rings. The van der Waals surface area contributed by atoms with Crippen LogP contribution in [-0.2, 0) is 19.6 Å². The second-order valence-corrected chi connectivity index (χ2v) is 8.06. The van der Waals surface area contributed by atoms with Gasteiger partial charge < -0.3 is 10.6 Å². The number of sulfonamides is 1. The zero-order valence-electron chi connectivity index (χ0n) is 16.1. The molecule has 3 rings (SSSR count). The average Bonchev–Trinajstić information content (AvgIpc) is 3.22. The van der Waals surface area contributed by atoms with Gasteiger partial charge in [-0.2, -0.15) is 4.72 Å². The zero-order valence-corrected chi connectivity index (χ0v) is 16.9. The molecule has 0 saturated heterocycles. The Bertz CT molecular complexity index is 1150. The first-order chi connectivity index (χ1) is 14.2. The van der Waals surface area contributed by atoms with Crippen molar-refractivity contribution in [1.82, 2.24) is 24.9 Å². The molecule has 1 unspecified atom stereocenters. The maximum atomic E-state index is 12.5. The monoisotopic (exact) mass is 429 g/mol. The van der Waals surface area contributed by atoms with Crippen molar-refractivity contribution in [3.05, 3.63) is 54.9 Å². The van der Waals surface area contributed by atoms with Crippen LogP contribution in [0.5, 0.6) is 0 Å². The van der Waals surface area contributed by atoms with Crippen molar-refractivity contribution in [3.8, 4) is 5.69 Å². The Hall–Kier alpha value is -3.64. The van der Waals surface area contributed by atoms with E-state index in [2.05, 4.69) is 30.9 Å². The molecule has 0 bridgehead atoms. The third kappa shape index (κ3) is 5.24. The lowest BCUT2D eigenvalue weighted by Crippen LogP contribution is -2.41. The van der Waals surface area contributed by atoms with Gasteiger partial charge in [-0.25, -0.2) is 13.1 Å². The molecule has 1 heterocycles. The molecule has 0 aliphatic carbocycles. The maximum Gasteiger partial charge on any atom is 0.242 e. The highest BCUT2D eigenvalue weighted by Crippen LogP contribution is 2.16. The van der Waals surface area contributed by atoms with Crippen molar-refractivity contribution in [3.63, 3.8) is 0 Å². The van der Waals surface area contributed by atoms with Gasteiger partial charge in [0.05, 0.1) is 16.6 Å². The fraction of sp³-hybridized carbons (Fsp3) is 0.167. The van der Waals surface area contributed by atoms with Crippen molar-refractivity contribution < 1.29 is 18.0 Å². The van der Waals surface area contributed by atoms with Gasteiger partial charge in [0.2, 0.25) is 21.8 Å². The number of tetrazole rings is 1. The Labute approximate surface area is 172 Å². The Kier molecular flexibility index (Phi) is 6.18. The molecule has 0 aliphatic rings. The van der Waals surface area contributed by atoms with Crippen LogP contribution in [-0.4, -0.2) is 46.5 Å². The number of carbonyl (C=O) groups is 2. The van der Waals surface area contributed by atoms with Gasteiger partial charge in [-0.05, 0) is 59.8 Å². The van der Waals surface area contributed by atoms with Crippen LogP contribution in [0.4, 0.5) is 11.4 Å². The molecule has 0 radical (unpaired) electrons. The van der Waals surface area contributed by atoms with Crippen LogP contribution in [0.2, 0.25) is 0 Å². The first kappa shape index (κ1) is 21.1. The van der Waals surface area contributed by atoms with Gasteiger partial charge in [0.1, 0.15) is 6.33 Å². The Morgan fingerprint density at radius 3 is 2.40 bits per heavy atom. The fourth-order valence-electron chi connectivity index (χ4n) is 2.53. The number of anilines is 2. The lowest BCUT2D eigenvalue weighted by atomic mass is 10.2. The standard InChI is InChI=1S/C18H19N7O4S/c1-12(22-30(28,29)17-8-6-14(7-9-17)20-13(2)26)18(27)21-15-4-3-5-16(10-15)25-11-19-23-24-25/h3-12,22H,1-2H3,(H,20,26)(H,21,27). The number of amides is 2. The Morgan fingerprint density at radius 1 is 1.03 bits per heavy atom. The number of carbonyl (C=O) groups excluding carboxylic acids is 2. The number of rotatable bonds is 7. The maximum absolute atomic E-state index is 12.5. The zero-order chi connectivity index (χ0) is 21.7. The van der Waals surface area contributed by atoms with E-state index in [9.17, 15) is 18.0 Å². The predicted octanol–water partition coefficient (Wildman–Crippen LogP) is 0.926. The topological polar surface area (TPSA) is 148 Å². The quantitative estimate of drug-likeness (QED) is 0.506. The van der Waals surface area contributed by atoms with E-state index in [-0.39, 0.29) is 10.8 Å². The van der Waals surface area contributed by atoms with Crippen LogP contribution >= 0.6 is 0 Å². The summed E-state index contributed by atoms with van der Waals surface area (Å²) < 4.78 is 28.8. The van der Waals surface area contributed by atoms with E-state index >= 15 is 0 Å². The van der Waals surface area contributed by atoms with Crippen LogP contribution < -0.4 is 15.4 Å². The minimum absolute atomic E-state index is 0.0306. The van der Waals surface area contributed by atoms with Crippen LogP contribution in [0.25, 0.3) is 5.69 Å². The van der Waals surface area contributed by atoms with Crippen molar-refractivity contribution >= 4 is 33.2 Å². The largest absolute Gasteiger partial charge is 0.326 e. The fourth-order valence-corrected chi connectivity index (χ4v) is 3.73. The molecule has 2 amide bonds. The second kappa shape index (κ2) is 8.80. The first-order valence-corrected chi connectivity index (χ1v) is 10.3. The molecular formula is C18H19N7O4S. The summed E-state index contributed by atoms with van der Waals surface area (Å²) in [6.45, 7) is 2.79. The third-order valence-corrected chi connectivity index (χ3v) is 5.49. The smallest absolute Gasteiger partial charge is 0.242 e. The van der Waals surface area contributed by atoms with Gasteiger partial charge >= 0.3 is 0 Å². The van der Waals surface area contributed by atoms with E-state index in [0.29, 0.717) is 17.1 Å². The van der Waals surface area contributed by atoms with E-state index < -0.39 is 22.0 Å². The third-order valence-electron chi connectivity index (χ3n) is 3.94. The van der Waals surface area contributed by atoms with E-state index in [1.807, 2.05) is 0 Å². The lowest BCUT2D eigenvalue weighted by molar-refractivity contribution is -0.117. The van der Waals surface area contributed by atoms with E-state index in [0.717, 1.165) is 0 Å². The Morgan fingerprint density at radius 2 is 1.77 bits per heavy atom. The molecule has 1 atom stereocenters. The number of hydrogen-bond donors (Lipinski definition) is 3. The molecule has 0 saturated carbocycles. The molecule has 12 heteroatoms. The number of hydrogen-bond acceptors (Lipinski definition) is 7. The van der Waals surface area contributed by atoms with Gasteiger partial charge in [-0.1, -0.05) is 6.07 Å². The number of nitrogens with zero attached hydrogens (tertiary/aromatic N) is 4. The summed E-state index contributed by atoms with van der Waals surface area (Å²) in [6.07, 6.45) is 1.41.